The summed E-state index contributed by atoms with van der Waals surface area (Å²) in [6.07, 6.45) is 0.865. The molecule has 4 nitrogen and oxygen atoms in total. The topological polar surface area (TPSA) is 39.9 Å². The summed E-state index contributed by atoms with van der Waals surface area (Å²) in [5.41, 5.74) is 5.97. The highest BCUT2D eigenvalue weighted by molar-refractivity contribution is 9.11. The van der Waals surface area contributed by atoms with Gasteiger partial charge in [-0.05, 0) is 65.7 Å². The van der Waals surface area contributed by atoms with E-state index in [1.54, 1.807) is 0 Å². The molecule has 0 spiro atoms. The van der Waals surface area contributed by atoms with Crippen molar-refractivity contribution in [3.05, 3.63) is 75.2 Å². The van der Waals surface area contributed by atoms with E-state index in [4.69, 9.17) is 14.7 Å². The van der Waals surface area contributed by atoms with Gasteiger partial charge in [-0.25, -0.2) is 9.97 Å². The van der Waals surface area contributed by atoms with E-state index in [-0.39, 0.29) is 0 Å². The number of nitrogens with zero attached hydrogens (tertiary/aromatic N) is 3. The summed E-state index contributed by atoms with van der Waals surface area (Å²) in [5, 5.41) is 1.09. The molecule has 0 aliphatic heterocycles. The third kappa shape index (κ3) is 3.59. The monoisotopic (exact) mass is 523 g/mol. The molecule has 0 fully saturated rings. The second kappa shape index (κ2) is 8.00. The molecular weight excluding hydrogens is 506 g/mol. The number of aryl methyl sites for hydroxylation is 2. The molecule has 0 N–H and O–H groups in total. The Labute approximate surface area is 191 Å². The molecule has 0 bridgehead atoms. The first-order valence-electron chi connectivity index (χ1n) is 9.83. The van der Waals surface area contributed by atoms with Crippen molar-refractivity contribution in [1.82, 2.24) is 14.5 Å². The lowest BCUT2D eigenvalue weighted by atomic mass is 10.2. The third-order valence-corrected chi connectivity index (χ3v) is 6.24. The predicted molar refractivity (Wildman–Crippen MR) is 129 cm³/mol. The van der Waals surface area contributed by atoms with E-state index in [1.807, 2.05) is 36.4 Å². The SMILES string of the molecule is Cc1ccc(OCCCn2c3nc4ccccc4nc3c3cc(Br)cc(Br)c32)cc1. The van der Waals surface area contributed by atoms with Gasteiger partial charge in [0.15, 0.2) is 5.65 Å². The number of halogens is 2. The van der Waals surface area contributed by atoms with Crippen molar-refractivity contribution >= 4 is 65.0 Å². The minimum Gasteiger partial charge on any atom is -0.494 e. The van der Waals surface area contributed by atoms with Crippen LogP contribution in [0.15, 0.2) is 69.6 Å². The summed E-state index contributed by atoms with van der Waals surface area (Å²) in [5.74, 6) is 0.902. The molecule has 2 heterocycles. The smallest absolute Gasteiger partial charge is 0.160 e. The van der Waals surface area contributed by atoms with Gasteiger partial charge in [-0.3, -0.25) is 0 Å². The molecule has 5 rings (SSSR count). The highest BCUT2D eigenvalue weighted by Crippen LogP contribution is 2.35. The molecule has 0 aliphatic rings. The average Bonchev–Trinajstić information content (AvgIpc) is 3.04. The summed E-state index contributed by atoms with van der Waals surface area (Å²) >= 11 is 7.36. The summed E-state index contributed by atoms with van der Waals surface area (Å²) < 4.78 is 10.2. The minimum absolute atomic E-state index is 0.638. The maximum Gasteiger partial charge on any atom is 0.160 e. The first-order valence-corrected chi connectivity index (χ1v) is 11.4. The number of hydrogen-bond acceptors (Lipinski definition) is 3. The number of para-hydroxylation sites is 2. The van der Waals surface area contributed by atoms with E-state index in [9.17, 15) is 0 Å². The fourth-order valence-electron chi connectivity index (χ4n) is 3.75. The van der Waals surface area contributed by atoms with Crippen LogP contribution >= 0.6 is 31.9 Å². The van der Waals surface area contributed by atoms with Crippen LogP contribution in [-0.4, -0.2) is 21.1 Å². The lowest BCUT2D eigenvalue weighted by molar-refractivity contribution is 0.303. The minimum atomic E-state index is 0.638. The first kappa shape index (κ1) is 19.5. The molecule has 0 saturated carbocycles. The van der Waals surface area contributed by atoms with Crippen LogP contribution in [0.1, 0.15) is 12.0 Å². The lowest BCUT2D eigenvalue weighted by Crippen LogP contribution is -2.05. The Bertz CT molecular complexity index is 1380. The van der Waals surface area contributed by atoms with Crippen LogP contribution in [-0.2, 0) is 6.54 Å². The lowest BCUT2D eigenvalue weighted by Gasteiger charge is -2.10. The molecule has 3 aromatic carbocycles. The van der Waals surface area contributed by atoms with E-state index in [0.717, 1.165) is 60.8 Å². The quantitative estimate of drug-likeness (QED) is 0.231. The van der Waals surface area contributed by atoms with Crippen molar-refractivity contribution in [3.63, 3.8) is 0 Å². The number of benzene rings is 3. The van der Waals surface area contributed by atoms with Crippen LogP contribution < -0.4 is 4.74 Å². The Hall–Kier alpha value is -2.44. The van der Waals surface area contributed by atoms with E-state index in [1.165, 1.54) is 5.56 Å². The van der Waals surface area contributed by atoms with Crippen molar-refractivity contribution in [2.75, 3.05) is 6.61 Å². The van der Waals surface area contributed by atoms with Crippen molar-refractivity contribution in [1.29, 1.82) is 0 Å². The van der Waals surface area contributed by atoms with Crippen LogP contribution in [0.5, 0.6) is 5.75 Å². The number of fused-ring (bicyclic) bond motifs is 4. The Kier molecular flexibility index (Phi) is 5.21. The molecule has 0 saturated heterocycles. The number of aromatic nitrogens is 3. The molecule has 0 amide bonds. The summed E-state index contributed by atoms with van der Waals surface area (Å²) in [6.45, 7) is 3.51. The van der Waals surface area contributed by atoms with Gasteiger partial charge in [0.2, 0.25) is 0 Å². The molecule has 0 atom stereocenters. The maximum atomic E-state index is 5.93. The van der Waals surface area contributed by atoms with Gasteiger partial charge in [-0.2, -0.15) is 0 Å². The van der Waals surface area contributed by atoms with Crippen LogP contribution in [0, 0.1) is 6.92 Å². The van der Waals surface area contributed by atoms with Gasteiger partial charge in [0.1, 0.15) is 11.3 Å². The van der Waals surface area contributed by atoms with Crippen molar-refractivity contribution in [2.45, 2.75) is 19.9 Å². The normalized spacial score (nSPS) is 11.6. The summed E-state index contributed by atoms with van der Waals surface area (Å²) in [7, 11) is 0. The van der Waals surface area contributed by atoms with Crippen molar-refractivity contribution in [2.24, 2.45) is 0 Å². The van der Waals surface area contributed by atoms with Gasteiger partial charge in [0, 0.05) is 20.9 Å². The summed E-state index contributed by atoms with van der Waals surface area (Å²) in [6, 6.07) is 20.4. The van der Waals surface area contributed by atoms with Crippen LogP contribution in [0.2, 0.25) is 0 Å². The molecule has 5 aromatic rings. The van der Waals surface area contributed by atoms with E-state index in [0.29, 0.717) is 6.61 Å². The van der Waals surface area contributed by atoms with Gasteiger partial charge in [-0.1, -0.05) is 45.8 Å². The molecule has 30 heavy (non-hydrogen) atoms. The molecule has 150 valence electrons. The van der Waals surface area contributed by atoms with E-state index >= 15 is 0 Å². The van der Waals surface area contributed by atoms with Gasteiger partial charge in [-0.15, -0.1) is 0 Å². The molecule has 2 aromatic heterocycles. The highest BCUT2D eigenvalue weighted by atomic mass is 79.9. The molecule has 0 radical (unpaired) electrons. The number of ether oxygens (including phenoxy) is 1. The van der Waals surface area contributed by atoms with Gasteiger partial charge < -0.3 is 9.30 Å². The van der Waals surface area contributed by atoms with Crippen molar-refractivity contribution < 1.29 is 4.74 Å². The van der Waals surface area contributed by atoms with Gasteiger partial charge in [0.25, 0.3) is 0 Å². The zero-order valence-electron chi connectivity index (χ0n) is 16.4. The third-order valence-electron chi connectivity index (χ3n) is 5.18. The second-order valence-electron chi connectivity index (χ2n) is 7.34. The van der Waals surface area contributed by atoms with Crippen molar-refractivity contribution in [3.8, 4) is 5.75 Å². The second-order valence-corrected chi connectivity index (χ2v) is 9.11. The Morgan fingerprint density at radius 2 is 1.67 bits per heavy atom. The molecular formula is C24H19Br2N3O. The van der Waals surface area contributed by atoms with E-state index in [2.05, 4.69) is 67.6 Å². The van der Waals surface area contributed by atoms with E-state index < -0.39 is 0 Å². The fourth-order valence-corrected chi connectivity index (χ4v) is 5.19. The Morgan fingerprint density at radius 1 is 0.933 bits per heavy atom. The zero-order chi connectivity index (χ0) is 20.7. The fraction of sp³-hybridized carbons (Fsp3) is 0.167. The zero-order valence-corrected chi connectivity index (χ0v) is 19.6. The Balaban J connectivity index is 1.53. The maximum absolute atomic E-state index is 5.93. The highest BCUT2D eigenvalue weighted by Gasteiger charge is 2.17. The molecule has 6 heteroatoms. The number of rotatable bonds is 5. The molecule has 0 aliphatic carbocycles. The van der Waals surface area contributed by atoms with Crippen LogP contribution in [0.4, 0.5) is 0 Å². The summed E-state index contributed by atoms with van der Waals surface area (Å²) in [4.78, 5) is 9.89. The largest absolute Gasteiger partial charge is 0.494 e. The van der Waals surface area contributed by atoms with Crippen LogP contribution in [0.3, 0.4) is 0 Å². The van der Waals surface area contributed by atoms with Gasteiger partial charge >= 0.3 is 0 Å². The van der Waals surface area contributed by atoms with Crippen LogP contribution in [0.25, 0.3) is 33.1 Å². The average molecular weight is 525 g/mol. The molecule has 0 unspecified atom stereocenters. The first-order chi connectivity index (χ1) is 14.6. The predicted octanol–water partition coefficient (Wildman–Crippen LogP) is 7.04. The standard InChI is InChI=1S/C24H19Br2N3O/c1-15-7-9-17(10-8-15)30-12-4-11-29-23-18(13-16(25)14-19(23)26)22-24(29)28-21-6-3-2-5-20(21)27-22/h2-3,5-10,13-14H,4,11-12H2,1H3. The van der Waals surface area contributed by atoms with Gasteiger partial charge in [0.05, 0.1) is 23.2 Å². The number of hydrogen-bond donors (Lipinski definition) is 0. The Morgan fingerprint density at radius 3 is 2.43 bits per heavy atom.